The lowest BCUT2D eigenvalue weighted by molar-refractivity contribution is -0.279. The third kappa shape index (κ3) is 4.96. The van der Waals surface area contributed by atoms with Crippen molar-refractivity contribution in [2.24, 2.45) is 0 Å². The molecule has 1 rings (SSSR count). The van der Waals surface area contributed by atoms with E-state index in [0.717, 1.165) is 7.11 Å². The summed E-state index contributed by atoms with van der Waals surface area (Å²) >= 11 is 0. The highest BCUT2D eigenvalue weighted by molar-refractivity contribution is 5.76. The van der Waals surface area contributed by atoms with E-state index in [1.165, 1.54) is 0 Å². The van der Waals surface area contributed by atoms with E-state index >= 15 is 0 Å². The molecule has 0 aliphatic carbocycles. The van der Waals surface area contributed by atoms with Gasteiger partial charge in [-0.05, 0) is 12.0 Å². The van der Waals surface area contributed by atoms with E-state index in [2.05, 4.69) is 4.74 Å². The summed E-state index contributed by atoms with van der Waals surface area (Å²) in [5.41, 5.74) is 0.607. The second-order valence-electron chi connectivity index (χ2n) is 4.35. The number of methoxy groups -OCH3 is 1. The summed E-state index contributed by atoms with van der Waals surface area (Å²) in [7, 11) is 1.03. The molecule has 0 saturated heterocycles. The fraction of sp³-hybridized carbons (Fsp3) is 0.462. The summed E-state index contributed by atoms with van der Waals surface area (Å²) < 4.78 is 66.4. The molecule has 1 N–H and O–H groups in total. The molecule has 8 heteroatoms. The van der Waals surface area contributed by atoms with Gasteiger partial charge in [0, 0.05) is 0 Å². The molecule has 0 aromatic heterocycles. The lowest BCUT2D eigenvalue weighted by atomic mass is 10.1. The maximum Gasteiger partial charge on any atom is 0.454 e. The van der Waals surface area contributed by atoms with Gasteiger partial charge in [0.05, 0.1) is 13.7 Å². The van der Waals surface area contributed by atoms with Crippen molar-refractivity contribution in [3.63, 3.8) is 0 Å². The smallest absolute Gasteiger partial charge is 0.454 e. The van der Waals surface area contributed by atoms with Crippen LogP contribution in [0, 0.1) is 0 Å². The van der Waals surface area contributed by atoms with Crippen LogP contribution in [0.15, 0.2) is 30.3 Å². The zero-order valence-corrected chi connectivity index (χ0v) is 11.1. The molecular weight excluding hydrogens is 297 g/mol. The van der Waals surface area contributed by atoms with Crippen LogP contribution in [0.5, 0.6) is 0 Å². The molecule has 1 aromatic rings. The summed E-state index contributed by atoms with van der Waals surface area (Å²) in [6.45, 7) is -1.69. The van der Waals surface area contributed by atoms with Gasteiger partial charge < -0.3 is 4.74 Å². The number of alkyl halides is 5. The van der Waals surface area contributed by atoms with Gasteiger partial charge in [0.2, 0.25) is 0 Å². The Labute approximate surface area is 118 Å². The van der Waals surface area contributed by atoms with Crippen molar-refractivity contribution in [2.45, 2.75) is 24.6 Å². The third-order valence-electron chi connectivity index (χ3n) is 2.75. The molecule has 0 fully saturated rings. The van der Waals surface area contributed by atoms with Crippen molar-refractivity contribution in [2.75, 3.05) is 13.7 Å². The first kappa shape index (κ1) is 17.4. The quantitative estimate of drug-likeness (QED) is 0.648. The highest BCUT2D eigenvalue weighted by Gasteiger charge is 2.57. The van der Waals surface area contributed by atoms with E-state index in [0.29, 0.717) is 5.56 Å². The molecule has 1 aromatic carbocycles. The minimum absolute atomic E-state index is 0.0541. The van der Waals surface area contributed by atoms with E-state index in [4.69, 9.17) is 0 Å². The highest BCUT2D eigenvalue weighted by atomic mass is 19.4. The molecular formula is C13H14F5NO2. The van der Waals surface area contributed by atoms with Crippen LogP contribution in [0.25, 0.3) is 0 Å². The van der Waals surface area contributed by atoms with Crippen molar-refractivity contribution in [3.05, 3.63) is 35.9 Å². The van der Waals surface area contributed by atoms with Crippen LogP contribution in [0.2, 0.25) is 0 Å². The first-order valence-electron chi connectivity index (χ1n) is 5.97. The predicted molar refractivity (Wildman–Crippen MR) is 65.0 cm³/mol. The number of carbonyl (C=O) groups is 1. The van der Waals surface area contributed by atoms with Gasteiger partial charge >= 0.3 is 18.1 Å². The average Bonchev–Trinajstić information content (AvgIpc) is 2.42. The summed E-state index contributed by atoms with van der Waals surface area (Å²) in [5, 5.41) is 1.92. The first-order chi connectivity index (χ1) is 9.67. The Kier molecular flexibility index (Phi) is 5.65. The van der Waals surface area contributed by atoms with Crippen LogP contribution >= 0.6 is 0 Å². The molecule has 0 bridgehead atoms. The summed E-state index contributed by atoms with van der Waals surface area (Å²) in [6, 6.07) is 6.99. The Morgan fingerprint density at radius 2 is 1.76 bits per heavy atom. The fourth-order valence-electron chi connectivity index (χ4n) is 1.58. The van der Waals surface area contributed by atoms with Gasteiger partial charge in [-0.25, -0.2) is 0 Å². The molecule has 0 saturated carbocycles. The van der Waals surface area contributed by atoms with Gasteiger partial charge in [-0.3, -0.25) is 10.1 Å². The Morgan fingerprint density at radius 1 is 1.19 bits per heavy atom. The van der Waals surface area contributed by atoms with Crippen LogP contribution in [-0.4, -0.2) is 37.8 Å². The number of hydrogen-bond acceptors (Lipinski definition) is 3. The Morgan fingerprint density at radius 3 is 2.24 bits per heavy atom. The van der Waals surface area contributed by atoms with Gasteiger partial charge in [-0.1, -0.05) is 30.3 Å². The highest BCUT2D eigenvalue weighted by Crippen LogP contribution is 2.34. The van der Waals surface area contributed by atoms with Gasteiger partial charge in [0.25, 0.3) is 0 Å². The average molecular weight is 311 g/mol. The second kappa shape index (κ2) is 6.84. The number of halogens is 5. The standard InChI is InChI=1S/C13H14F5NO2/c1-21-11(20)10(7-9-5-3-2-4-6-9)19-8-12(14,15)13(16,17)18/h2-6,10,19H,7-8H2,1H3/t10-/m0/s1. The first-order valence-corrected chi connectivity index (χ1v) is 5.97. The monoisotopic (exact) mass is 311 g/mol. The Balaban J connectivity index is 2.74. The minimum Gasteiger partial charge on any atom is -0.468 e. The number of carbonyl (C=O) groups excluding carboxylic acids is 1. The maximum absolute atomic E-state index is 12.9. The Hall–Kier alpha value is -1.70. The summed E-state index contributed by atoms with van der Waals surface area (Å²) in [5.74, 6) is -5.83. The van der Waals surface area contributed by atoms with E-state index < -0.39 is 30.7 Å². The topological polar surface area (TPSA) is 38.3 Å². The molecule has 1 atom stereocenters. The van der Waals surface area contributed by atoms with Crippen LogP contribution in [-0.2, 0) is 16.0 Å². The maximum atomic E-state index is 12.9. The van der Waals surface area contributed by atoms with Crippen molar-refractivity contribution in [3.8, 4) is 0 Å². The largest absolute Gasteiger partial charge is 0.468 e. The van der Waals surface area contributed by atoms with Crippen LogP contribution in [0.3, 0.4) is 0 Å². The molecule has 3 nitrogen and oxygen atoms in total. The van der Waals surface area contributed by atoms with Crippen LogP contribution < -0.4 is 5.32 Å². The van der Waals surface area contributed by atoms with Crippen molar-refractivity contribution < 1.29 is 31.5 Å². The summed E-state index contributed by atoms with van der Waals surface area (Å²) in [6.07, 6.45) is -5.73. The number of rotatable bonds is 6. The molecule has 0 aliphatic rings. The van der Waals surface area contributed by atoms with Gasteiger partial charge in [-0.2, -0.15) is 22.0 Å². The molecule has 21 heavy (non-hydrogen) atoms. The van der Waals surface area contributed by atoms with E-state index in [9.17, 15) is 26.7 Å². The number of ether oxygens (including phenoxy) is 1. The van der Waals surface area contributed by atoms with Crippen molar-refractivity contribution >= 4 is 5.97 Å². The van der Waals surface area contributed by atoms with Crippen molar-refractivity contribution in [1.29, 1.82) is 0 Å². The number of esters is 1. The predicted octanol–water partition coefficient (Wildman–Crippen LogP) is 2.56. The molecule has 0 unspecified atom stereocenters. The van der Waals surface area contributed by atoms with Crippen molar-refractivity contribution in [1.82, 2.24) is 5.32 Å². The lowest BCUT2D eigenvalue weighted by Crippen LogP contribution is -2.50. The number of benzene rings is 1. The van der Waals surface area contributed by atoms with E-state index in [-0.39, 0.29) is 6.42 Å². The lowest BCUT2D eigenvalue weighted by Gasteiger charge is -2.23. The normalized spacial score (nSPS) is 13.8. The second-order valence-corrected chi connectivity index (χ2v) is 4.35. The zero-order valence-electron chi connectivity index (χ0n) is 11.1. The SMILES string of the molecule is COC(=O)[C@H](Cc1ccccc1)NCC(F)(F)C(F)(F)F. The molecule has 0 radical (unpaired) electrons. The molecule has 0 aliphatic heterocycles. The zero-order chi connectivity index (χ0) is 16.1. The van der Waals surface area contributed by atoms with E-state index in [1.54, 1.807) is 30.3 Å². The number of hydrogen-bond donors (Lipinski definition) is 1. The molecule has 118 valence electrons. The van der Waals surface area contributed by atoms with Crippen LogP contribution in [0.4, 0.5) is 22.0 Å². The molecule has 0 heterocycles. The van der Waals surface area contributed by atoms with Gasteiger partial charge in [-0.15, -0.1) is 0 Å². The van der Waals surface area contributed by atoms with Gasteiger partial charge in [0.1, 0.15) is 6.04 Å². The minimum atomic E-state index is -5.67. The molecule has 0 amide bonds. The van der Waals surface area contributed by atoms with Gasteiger partial charge in [0.15, 0.2) is 0 Å². The van der Waals surface area contributed by atoms with Crippen LogP contribution in [0.1, 0.15) is 5.56 Å². The summed E-state index contributed by atoms with van der Waals surface area (Å²) in [4.78, 5) is 11.5. The Bertz CT molecular complexity index is 461. The van der Waals surface area contributed by atoms with E-state index in [1.807, 2.05) is 5.32 Å². The molecule has 0 spiro atoms. The fourth-order valence-corrected chi connectivity index (χ4v) is 1.58. The number of nitrogens with one attached hydrogen (secondary N) is 1. The third-order valence-corrected chi connectivity index (χ3v) is 2.75.